The standard InChI is InChI=1S/C25H22Cl2N2O5/c1-16-25(31)29(11-12-32-19-5-3-2-4-6-19)21-9-8-18(14-23(21)34-16)28-24(30)15-33-22-10-7-17(26)13-20(22)27/h2-10,13-14,16H,11-12,15H2,1H3,(H,28,30). The zero-order chi connectivity index (χ0) is 24.1. The molecule has 4 rings (SSSR count). The zero-order valence-electron chi connectivity index (χ0n) is 18.3. The Bertz CT molecular complexity index is 1190. The van der Waals surface area contributed by atoms with Crippen LogP contribution >= 0.6 is 23.2 Å². The van der Waals surface area contributed by atoms with Crippen LogP contribution in [0.25, 0.3) is 0 Å². The molecular weight excluding hydrogens is 479 g/mol. The minimum Gasteiger partial charge on any atom is -0.492 e. The van der Waals surface area contributed by atoms with E-state index in [2.05, 4.69) is 5.32 Å². The van der Waals surface area contributed by atoms with Crippen LogP contribution in [0.1, 0.15) is 6.92 Å². The third-order valence-electron chi connectivity index (χ3n) is 5.03. The van der Waals surface area contributed by atoms with Crippen molar-refractivity contribution in [2.45, 2.75) is 13.0 Å². The number of hydrogen-bond donors (Lipinski definition) is 1. The molecule has 1 aliphatic rings. The van der Waals surface area contributed by atoms with Crippen molar-refractivity contribution in [3.63, 3.8) is 0 Å². The molecule has 0 spiro atoms. The van der Waals surface area contributed by atoms with Crippen LogP contribution in [0.4, 0.5) is 11.4 Å². The number of benzene rings is 3. The Kier molecular flexibility index (Phi) is 7.45. The number of ether oxygens (including phenoxy) is 3. The number of carbonyl (C=O) groups is 2. The molecule has 7 nitrogen and oxygen atoms in total. The summed E-state index contributed by atoms with van der Waals surface area (Å²) in [5.74, 6) is 1.05. The van der Waals surface area contributed by atoms with Gasteiger partial charge in [0.25, 0.3) is 11.8 Å². The van der Waals surface area contributed by atoms with Gasteiger partial charge in [-0.3, -0.25) is 9.59 Å². The minimum atomic E-state index is -0.662. The normalized spacial score (nSPS) is 14.7. The molecule has 0 saturated heterocycles. The molecule has 34 heavy (non-hydrogen) atoms. The van der Waals surface area contributed by atoms with Crippen LogP contribution in [0.3, 0.4) is 0 Å². The average Bonchev–Trinajstić information content (AvgIpc) is 2.81. The highest BCUT2D eigenvalue weighted by Crippen LogP contribution is 2.36. The molecule has 0 aromatic heterocycles. The van der Waals surface area contributed by atoms with Crippen molar-refractivity contribution < 1.29 is 23.8 Å². The predicted octanol–water partition coefficient (Wildman–Crippen LogP) is 5.20. The van der Waals surface area contributed by atoms with Crippen molar-refractivity contribution >= 4 is 46.4 Å². The van der Waals surface area contributed by atoms with Crippen molar-refractivity contribution in [2.24, 2.45) is 0 Å². The fraction of sp³-hybridized carbons (Fsp3) is 0.200. The molecule has 3 aromatic rings. The molecule has 0 bridgehead atoms. The topological polar surface area (TPSA) is 77.1 Å². The van der Waals surface area contributed by atoms with Crippen molar-refractivity contribution in [1.82, 2.24) is 0 Å². The number of carbonyl (C=O) groups excluding carboxylic acids is 2. The Morgan fingerprint density at radius 2 is 1.85 bits per heavy atom. The molecule has 1 heterocycles. The lowest BCUT2D eigenvalue weighted by Crippen LogP contribution is -2.46. The number of fused-ring (bicyclic) bond motifs is 1. The van der Waals surface area contributed by atoms with Gasteiger partial charge in [0.15, 0.2) is 12.7 Å². The molecule has 1 unspecified atom stereocenters. The van der Waals surface area contributed by atoms with Gasteiger partial charge < -0.3 is 24.4 Å². The molecule has 0 fully saturated rings. The smallest absolute Gasteiger partial charge is 0.267 e. The second kappa shape index (κ2) is 10.7. The Morgan fingerprint density at radius 1 is 1.06 bits per heavy atom. The van der Waals surface area contributed by atoms with Crippen LogP contribution in [0, 0.1) is 0 Å². The zero-order valence-corrected chi connectivity index (χ0v) is 19.8. The van der Waals surface area contributed by atoms with Gasteiger partial charge in [0, 0.05) is 16.8 Å². The molecule has 3 aromatic carbocycles. The van der Waals surface area contributed by atoms with E-state index in [-0.39, 0.29) is 18.4 Å². The van der Waals surface area contributed by atoms with Crippen LogP contribution in [-0.2, 0) is 9.59 Å². The molecule has 1 aliphatic heterocycles. The summed E-state index contributed by atoms with van der Waals surface area (Å²) < 4.78 is 17.0. The SMILES string of the molecule is CC1Oc2cc(NC(=O)COc3ccc(Cl)cc3Cl)ccc2N(CCOc2ccccc2)C1=O. The van der Waals surface area contributed by atoms with E-state index < -0.39 is 6.10 Å². The van der Waals surface area contributed by atoms with E-state index in [0.717, 1.165) is 5.75 Å². The largest absolute Gasteiger partial charge is 0.492 e. The maximum atomic E-state index is 12.7. The summed E-state index contributed by atoms with van der Waals surface area (Å²) in [5, 5.41) is 3.55. The van der Waals surface area contributed by atoms with Crippen molar-refractivity contribution in [1.29, 1.82) is 0 Å². The van der Waals surface area contributed by atoms with E-state index in [1.54, 1.807) is 42.2 Å². The third-order valence-corrected chi connectivity index (χ3v) is 5.56. The molecule has 0 radical (unpaired) electrons. The highest BCUT2D eigenvalue weighted by Gasteiger charge is 2.31. The number of amides is 2. The van der Waals surface area contributed by atoms with Gasteiger partial charge in [-0.15, -0.1) is 0 Å². The summed E-state index contributed by atoms with van der Waals surface area (Å²) in [6.45, 7) is 2.13. The molecule has 1 N–H and O–H groups in total. The summed E-state index contributed by atoms with van der Waals surface area (Å²) in [4.78, 5) is 26.7. The first-order valence-corrected chi connectivity index (χ1v) is 11.3. The van der Waals surface area contributed by atoms with E-state index in [1.165, 1.54) is 6.07 Å². The van der Waals surface area contributed by atoms with Gasteiger partial charge >= 0.3 is 0 Å². The van der Waals surface area contributed by atoms with Crippen LogP contribution in [0.5, 0.6) is 17.2 Å². The first kappa shape index (κ1) is 23.7. The first-order chi connectivity index (χ1) is 16.4. The summed E-state index contributed by atoms with van der Waals surface area (Å²) >= 11 is 11.9. The Balaban J connectivity index is 1.39. The van der Waals surface area contributed by atoms with Crippen molar-refractivity contribution in [2.75, 3.05) is 30.0 Å². The number of hydrogen-bond acceptors (Lipinski definition) is 5. The molecule has 0 aliphatic carbocycles. The Hall–Kier alpha value is -3.42. The van der Waals surface area contributed by atoms with Gasteiger partial charge in [0.05, 0.1) is 17.3 Å². The maximum absolute atomic E-state index is 12.7. The Morgan fingerprint density at radius 3 is 2.62 bits per heavy atom. The lowest BCUT2D eigenvalue weighted by molar-refractivity contribution is -0.125. The van der Waals surface area contributed by atoms with E-state index in [1.807, 2.05) is 30.3 Å². The predicted molar refractivity (Wildman–Crippen MR) is 131 cm³/mol. The third kappa shape index (κ3) is 5.73. The summed E-state index contributed by atoms with van der Waals surface area (Å²) in [7, 11) is 0. The molecule has 0 saturated carbocycles. The van der Waals surface area contributed by atoms with Gasteiger partial charge in [0.2, 0.25) is 0 Å². The van der Waals surface area contributed by atoms with Gasteiger partial charge in [-0.25, -0.2) is 0 Å². The number of anilines is 2. The number of nitrogens with zero attached hydrogens (tertiary/aromatic N) is 1. The molecular formula is C25H22Cl2N2O5. The van der Waals surface area contributed by atoms with Crippen LogP contribution < -0.4 is 24.4 Å². The second-order valence-electron chi connectivity index (χ2n) is 7.51. The minimum absolute atomic E-state index is 0.158. The van der Waals surface area contributed by atoms with Gasteiger partial charge in [-0.05, 0) is 49.4 Å². The van der Waals surface area contributed by atoms with Crippen LogP contribution in [0.15, 0.2) is 66.7 Å². The lowest BCUT2D eigenvalue weighted by Gasteiger charge is -2.33. The Labute approximate surface area is 207 Å². The lowest BCUT2D eigenvalue weighted by atomic mass is 10.1. The fourth-order valence-corrected chi connectivity index (χ4v) is 3.89. The number of para-hydroxylation sites is 1. The maximum Gasteiger partial charge on any atom is 0.267 e. The summed E-state index contributed by atoms with van der Waals surface area (Å²) in [6, 6.07) is 19.3. The van der Waals surface area contributed by atoms with Crippen molar-refractivity contribution in [3.8, 4) is 17.2 Å². The quantitative estimate of drug-likeness (QED) is 0.459. The number of nitrogens with one attached hydrogen (secondary N) is 1. The molecule has 2 amide bonds. The van der Waals surface area contributed by atoms with Crippen molar-refractivity contribution in [3.05, 3.63) is 76.8 Å². The molecule has 9 heteroatoms. The summed E-state index contributed by atoms with van der Waals surface area (Å²) in [6.07, 6.45) is -0.662. The second-order valence-corrected chi connectivity index (χ2v) is 8.35. The highest BCUT2D eigenvalue weighted by molar-refractivity contribution is 6.35. The van der Waals surface area contributed by atoms with E-state index >= 15 is 0 Å². The fourth-order valence-electron chi connectivity index (χ4n) is 3.42. The number of rotatable bonds is 8. The average molecular weight is 501 g/mol. The molecule has 176 valence electrons. The first-order valence-electron chi connectivity index (χ1n) is 10.6. The van der Waals surface area contributed by atoms with E-state index in [9.17, 15) is 9.59 Å². The summed E-state index contributed by atoms with van der Waals surface area (Å²) in [5.41, 5.74) is 1.12. The number of halogens is 2. The van der Waals surface area contributed by atoms with Gasteiger partial charge in [-0.2, -0.15) is 0 Å². The van der Waals surface area contributed by atoms with Gasteiger partial charge in [0.1, 0.15) is 23.9 Å². The van der Waals surface area contributed by atoms with E-state index in [4.69, 9.17) is 37.4 Å². The van der Waals surface area contributed by atoms with E-state index in [0.29, 0.717) is 46.1 Å². The van der Waals surface area contributed by atoms with Crippen LogP contribution in [0.2, 0.25) is 10.0 Å². The van der Waals surface area contributed by atoms with Gasteiger partial charge in [-0.1, -0.05) is 41.4 Å². The van der Waals surface area contributed by atoms with Crippen LogP contribution in [-0.4, -0.2) is 37.7 Å². The monoisotopic (exact) mass is 500 g/mol. The highest BCUT2D eigenvalue weighted by atomic mass is 35.5. The molecule has 1 atom stereocenters.